The number of nitrogens with zero attached hydrogens (tertiary/aromatic N) is 1. The van der Waals surface area contributed by atoms with Gasteiger partial charge in [-0.25, -0.2) is 0 Å². The van der Waals surface area contributed by atoms with E-state index in [2.05, 4.69) is 44.6 Å². The lowest BCUT2D eigenvalue weighted by molar-refractivity contribution is 0.112. The molecule has 2 aliphatic rings. The number of rotatable bonds is 3. The second-order valence-corrected chi connectivity index (χ2v) is 7.06. The zero-order chi connectivity index (χ0) is 11.8. The van der Waals surface area contributed by atoms with Gasteiger partial charge in [-0.2, -0.15) is 0 Å². The molecule has 1 N–H and O–H groups in total. The Labute approximate surface area is 116 Å². The fourth-order valence-electron chi connectivity index (χ4n) is 3.37. The molecule has 0 spiro atoms. The highest BCUT2D eigenvalue weighted by molar-refractivity contribution is 9.10. The van der Waals surface area contributed by atoms with Crippen molar-refractivity contribution in [2.24, 2.45) is 0 Å². The summed E-state index contributed by atoms with van der Waals surface area (Å²) < 4.78 is 1.29. The van der Waals surface area contributed by atoms with Crippen molar-refractivity contribution in [1.82, 2.24) is 10.2 Å². The lowest BCUT2D eigenvalue weighted by Crippen LogP contribution is -2.47. The summed E-state index contributed by atoms with van der Waals surface area (Å²) in [6.07, 6.45) is 5.45. The van der Waals surface area contributed by atoms with Crippen LogP contribution in [0.4, 0.5) is 0 Å². The normalized spacial score (nSPS) is 33.2. The van der Waals surface area contributed by atoms with Gasteiger partial charge in [0.05, 0.1) is 0 Å². The van der Waals surface area contributed by atoms with Crippen molar-refractivity contribution in [2.75, 3.05) is 7.05 Å². The largest absolute Gasteiger partial charge is 0.317 e. The van der Waals surface area contributed by atoms with Gasteiger partial charge in [-0.05, 0) is 60.1 Å². The third-order valence-corrected chi connectivity index (χ3v) is 6.22. The fraction of sp³-hybridized carbons (Fsp3) is 0.692. The standard InChI is InChI=1S/C13H19BrN2S/c1-15-9-6-10-2-3-11(7-9)16(10)8-13-12(14)4-5-17-13/h4-5,9-11,15H,2-3,6-8H2,1H3. The van der Waals surface area contributed by atoms with Gasteiger partial charge in [0.1, 0.15) is 0 Å². The molecule has 2 fully saturated rings. The maximum absolute atomic E-state index is 3.65. The maximum atomic E-state index is 3.65. The van der Waals surface area contributed by atoms with E-state index in [1.54, 1.807) is 0 Å². The molecule has 3 heterocycles. The molecule has 1 aromatic rings. The molecule has 0 amide bonds. The Balaban J connectivity index is 1.71. The molecule has 2 unspecified atom stereocenters. The van der Waals surface area contributed by atoms with E-state index in [0.717, 1.165) is 24.7 Å². The Morgan fingerprint density at radius 2 is 2.12 bits per heavy atom. The number of halogens is 1. The summed E-state index contributed by atoms with van der Waals surface area (Å²) in [5, 5.41) is 5.64. The Bertz CT molecular complexity index is 379. The third kappa shape index (κ3) is 2.33. The molecule has 94 valence electrons. The zero-order valence-electron chi connectivity index (χ0n) is 10.2. The summed E-state index contributed by atoms with van der Waals surface area (Å²) in [4.78, 5) is 4.23. The summed E-state index contributed by atoms with van der Waals surface area (Å²) in [5.74, 6) is 0. The minimum absolute atomic E-state index is 0.746. The van der Waals surface area contributed by atoms with Crippen LogP contribution in [0.5, 0.6) is 0 Å². The van der Waals surface area contributed by atoms with Crippen molar-refractivity contribution in [1.29, 1.82) is 0 Å². The maximum Gasteiger partial charge on any atom is 0.0345 e. The highest BCUT2D eigenvalue weighted by Gasteiger charge is 2.40. The molecule has 2 saturated heterocycles. The number of hydrogen-bond acceptors (Lipinski definition) is 3. The smallest absolute Gasteiger partial charge is 0.0345 e. The van der Waals surface area contributed by atoms with Crippen LogP contribution in [0.25, 0.3) is 0 Å². The molecule has 4 heteroatoms. The monoisotopic (exact) mass is 314 g/mol. The van der Waals surface area contributed by atoms with E-state index >= 15 is 0 Å². The summed E-state index contributed by atoms with van der Waals surface area (Å²) in [5.41, 5.74) is 0. The number of thiophene rings is 1. The SMILES string of the molecule is CNC1CC2CCC(C1)N2Cc1sccc1Br. The van der Waals surface area contributed by atoms with E-state index in [1.165, 1.54) is 35.0 Å². The first kappa shape index (κ1) is 12.2. The second-order valence-electron chi connectivity index (χ2n) is 5.21. The fourth-order valence-corrected chi connectivity index (χ4v) is 4.86. The lowest BCUT2D eigenvalue weighted by atomic mass is 9.97. The molecule has 2 bridgehead atoms. The van der Waals surface area contributed by atoms with Crippen LogP contribution in [-0.4, -0.2) is 30.1 Å². The topological polar surface area (TPSA) is 15.3 Å². The average molecular weight is 315 g/mol. The van der Waals surface area contributed by atoms with E-state index in [4.69, 9.17) is 0 Å². The molecule has 17 heavy (non-hydrogen) atoms. The Kier molecular flexibility index (Phi) is 3.57. The van der Waals surface area contributed by atoms with Crippen molar-refractivity contribution in [3.05, 3.63) is 20.8 Å². The minimum Gasteiger partial charge on any atom is -0.317 e. The van der Waals surface area contributed by atoms with Gasteiger partial charge in [-0.15, -0.1) is 11.3 Å². The van der Waals surface area contributed by atoms with Gasteiger partial charge in [-0.3, -0.25) is 4.90 Å². The van der Waals surface area contributed by atoms with E-state index < -0.39 is 0 Å². The van der Waals surface area contributed by atoms with Crippen molar-refractivity contribution in [2.45, 2.75) is 50.4 Å². The first-order chi connectivity index (χ1) is 8.28. The average Bonchev–Trinajstić information content (AvgIpc) is 2.82. The molecular formula is C13H19BrN2S. The highest BCUT2D eigenvalue weighted by Crippen LogP contribution is 2.38. The van der Waals surface area contributed by atoms with Crippen LogP contribution in [0.3, 0.4) is 0 Å². The van der Waals surface area contributed by atoms with Gasteiger partial charge in [0, 0.05) is 34.0 Å². The van der Waals surface area contributed by atoms with Crippen LogP contribution in [0, 0.1) is 0 Å². The van der Waals surface area contributed by atoms with Gasteiger partial charge < -0.3 is 5.32 Å². The van der Waals surface area contributed by atoms with Gasteiger partial charge in [0.25, 0.3) is 0 Å². The van der Waals surface area contributed by atoms with Crippen LogP contribution in [-0.2, 0) is 6.54 Å². The van der Waals surface area contributed by atoms with Gasteiger partial charge in [0.15, 0.2) is 0 Å². The summed E-state index contributed by atoms with van der Waals surface area (Å²) >= 11 is 5.53. The lowest BCUT2D eigenvalue weighted by Gasteiger charge is -2.38. The Morgan fingerprint density at radius 1 is 1.41 bits per heavy atom. The molecule has 0 aromatic carbocycles. The number of nitrogens with one attached hydrogen (secondary N) is 1. The van der Waals surface area contributed by atoms with Crippen molar-refractivity contribution in [3.63, 3.8) is 0 Å². The van der Waals surface area contributed by atoms with Crippen molar-refractivity contribution >= 4 is 27.3 Å². The van der Waals surface area contributed by atoms with Crippen LogP contribution in [0.15, 0.2) is 15.9 Å². The summed E-state index contributed by atoms with van der Waals surface area (Å²) in [6.45, 7) is 1.14. The molecular weight excluding hydrogens is 296 g/mol. The predicted octanol–water partition coefficient (Wildman–Crippen LogP) is 3.23. The van der Waals surface area contributed by atoms with Gasteiger partial charge in [-0.1, -0.05) is 0 Å². The molecule has 2 nitrogen and oxygen atoms in total. The van der Waals surface area contributed by atoms with E-state index in [1.807, 2.05) is 11.3 Å². The van der Waals surface area contributed by atoms with Crippen LogP contribution in [0.2, 0.25) is 0 Å². The number of piperidine rings is 1. The molecule has 1 aromatic heterocycles. The number of fused-ring (bicyclic) bond motifs is 2. The van der Waals surface area contributed by atoms with Gasteiger partial charge in [0.2, 0.25) is 0 Å². The van der Waals surface area contributed by atoms with Gasteiger partial charge >= 0.3 is 0 Å². The highest BCUT2D eigenvalue weighted by atomic mass is 79.9. The quantitative estimate of drug-likeness (QED) is 0.921. The second kappa shape index (κ2) is 5.00. The Morgan fingerprint density at radius 3 is 2.65 bits per heavy atom. The van der Waals surface area contributed by atoms with Crippen LogP contribution in [0.1, 0.15) is 30.6 Å². The van der Waals surface area contributed by atoms with Crippen LogP contribution < -0.4 is 5.32 Å². The van der Waals surface area contributed by atoms with Crippen molar-refractivity contribution < 1.29 is 0 Å². The van der Waals surface area contributed by atoms with E-state index in [0.29, 0.717) is 0 Å². The first-order valence-electron chi connectivity index (χ1n) is 6.43. The van der Waals surface area contributed by atoms with Crippen LogP contribution >= 0.6 is 27.3 Å². The Hall–Kier alpha value is 0.100. The molecule has 3 rings (SSSR count). The zero-order valence-corrected chi connectivity index (χ0v) is 12.6. The molecule has 0 radical (unpaired) electrons. The molecule has 2 atom stereocenters. The van der Waals surface area contributed by atoms with Crippen molar-refractivity contribution in [3.8, 4) is 0 Å². The minimum atomic E-state index is 0.746. The van der Waals surface area contributed by atoms with E-state index in [9.17, 15) is 0 Å². The van der Waals surface area contributed by atoms with E-state index in [-0.39, 0.29) is 0 Å². The summed E-state index contributed by atoms with van der Waals surface area (Å²) in [7, 11) is 2.11. The molecule has 0 aliphatic carbocycles. The number of hydrogen-bond donors (Lipinski definition) is 1. The predicted molar refractivity (Wildman–Crippen MR) is 76.5 cm³/mol. The first-order valence-corrected chi connectivity index (χ1v) is 8.10. The molecule has 0 saturated carbocycles. The molecule has 2 aliphatic heterocycles. The third-order valence-electron chi connectivity index (χ3n) is 4.31. The summed E-state index contributed by atoms with van der Waals surface area (Å²) in [6, 6.07) is 4.53.